The third kappa shape index (κ3) is 3.47. The predicted molar refractivity (Wildman–Crippen MR) is 105 cm³/mol. The molecule has 1 aromatic carbocycles. The highest BCUT2D eigenvalue weighted by molar-refractivity contribution is 5.78. The highest BCUT2D eigenvalue weighted by atomic mass is 16.5. The number of carbonyl (C=O) groups is 1. The molecule has 5 heteroatoms. The van der Waals surface area contributed by atoms with Crippen molar-refractivity contribution >= 4 is 5.91 Å². The number of ether oxygens (including phenoxy) is 2. The fourth-order valence-corrected chi connectivity index (χ4v) is 5.44. The van der Waals surface area contributed by atoms with Crippen LogP contribution in [-0.2, 0) is 9.53 Å². The van der Waals surface area contributed by atoms with Gasteiger partial charge in [0.25, 0.3) is 0 Å². The van der Waals surface area contributed by atoms with E-state index in [1.807, 2.05) is 12.1 Å². The number of amides is 1. The van der Waals surface area contributed by atoms with Gasteiger partial charge in [0.05, 0.1) is 13.2 Å². The lowest BCUT2D eigenvalue weighted by Crippen LogP contribution is -2.61. The minimum Gasteiger partial charge on any atom is -0.496 e. The molecule has 0 saturated carbocycles. The molecule has 148 valence electrons. The summed E-state index contributed by atoms with van der Waals surface area (Å²) in [5, 5.41) is 0. The number of carbonyl (C=O) groups excluding carboxylic acids is 1. The Morgan fingerprint density at radius 3 is 2.70 bits per heavy atom. The number of piperidine rings is 3. The predicted octanol–water partition coefficient (Wildman–Crippen LogP) is 2.90. The van der Waals surface area contributed by atoms with Crippen LogP contribution >= 0.6 is 0 Å². The zero-order valence-electron chi connectivity index (χ0n) is 16.6. The van der Waals surface area contributed by atoms with Crippen molar-refractivity contribution in [3.05, 3.63) is 29.8 Å². The van der Waals surface area contributed by atoms with Crippen LogP contribution in [0, 0.1) is 5.92 Å². The summed E-state index contributed by atoms with van der Waals surface area (Å²) in [6.07, 6.45) is 4.52. The molecule has 4 saturated heterocycles. The van der Waals surface area contributed by atoms with E-state index in [0.717, 1.165) is 38.2 Å². The SMILES string of the molecule is CCCCOCC(=O)N1C[C@@H](c2ccccc2OC)[C@H]2[C@@H]1C1CCN2CC1. The lowest BCUT2D eigenvalue weighted by atomic mass is 9.75. The van der Waals surface area contributed by atoms with Crippen molar-refractivity contribution < 1.29 is 14.3 Å². The van der Waals surface area contributed by atoms with E-state index in [2.05, 4.69) is 28.9 Å². The van der Waals surface area contributed by atoms with Gasteiger partial charge in [-0.15, -0.1) is 0 Å². The summed E-state index contributed by atoms with van der Waals surface area (Å²) in [6.45, 7) is 6.13. The van der Waals surface area contributed by atoms with Crippen molar-refractivity contribution in [1.29, 1.82) is 0 Å². The number of likely N-dealkylation sites (tertiary alicyclic amines) is 1. The maximum Gasteiger partial charge on any atom is 0.248 e. The fraction of sp³-hybridized carbons (Fsp3) is 0.682. The average Bonchev–Trinajstić information content (AvgIpc) is 3.15. The standard InChI is InChI=1S/C22H32N2O3/c1-3-4-13-27-15-20(25)24-14-18(17-7-5-6-8-19(17)26-2)22-21(24)16-9-11-23(22)12-10-16/h5-8,16,18,21-22H,3-4,9-15H2,1-2H3/t18-,21-,22-/m0/s1. The molecule has 3 atom stereocenters. The molecule has 0 aliphatic carbocycles. The molecule has 2 bridgehead atoms. The summed E-state index contributed by atoms with van der Waals surface area (Å²) in [6, 6.07) is 9.06. The summed E-state index contributed by atoms with van der Waals surface area (Å²) >= 11 is 0. The smallest absolute Gasteiger partial charge is 0.248 e. The van der Waals surface area contributed by atoms with Gasteiger partial charge in [-0.3, -0.25) is 9.69 Å². The van der Waals surface area contributed by atoms with Crippen molar-refractivity contribution in [2.45, 2.75) is 50.6 Å². The number of para-hydroxylation sites is 1. The largest absolute Gasteiger partial charge is 0.496 e. The summed E-state index contributed by atoms with van der Waals surface area (Å²) in [4.78, 5) is 17.8. The molecule has 4 aliphatic heterocycles. The molecule has 1 aromatic rings. The molecule has 0 N–H and O–H groups in total. The number of hydrogen-bond acceptors (Lipinski definition) is 4. The van der Waals surface area contributed by atoms with Crippen LogP contribution in [0.3, 0.4) is 0 Å². The second kappa shape index (κ2) is 8.19. The summed E-state index contributed by atoms with van der Waals surface area (Å²) in [5.74, 6) is 2.04. The molecular formula is C22H32N2O3. The Labute approximate surface area is 162 Å². The zero-order chi connectivity index (χ0) is 18.8. The van der Waals surface area contributed by atoms with Crippen molar-refractivity contribution in [2.75, 3.05) is 40.0 Å². The lowest BCUT2D eigenvalue weighted by Gasteiger charge is -2.51. The Morgan fingerprint density at radius 2 is 1.96 bits per heavy atom. The Hall–Kier alpha value is -1.59. The molecule has 0 unspecified atom stereocenters. The first kappa shape index (κ1) is 18.8. The van der Waals surface area contributed by atoms with Gasteiger partial charge in [0.2, 0.25) is 5.91 Å². The van der Waals surface area contributed by atoms with Crippen LogP contribution in [-0.4, -0.2) is 67.7 Å². The van der Waals surface area contributed by atoms with Crippen LogP contribution in [0.25, 0.3) is 0 Å². The number of rotatable bonds is 7. The van der Waals surface area contributed by atoms with Crippen LogP contribution in [0.2, 0.25) is 0 Å². The molecule has 4 aliphatic rings. The maximum atomic E-state index is 13.0. The van der Waals surface area contributed by atoms with Crippen LogP contribution in [0.15, 0.2) is 24.3 Å². The Kier molecular flexibility index (Phi) is 5.69. The van der Waals surface area contributed by atoms with Gasteiger partial charge in [0.15, 0.2) is 0 Å². The van der Waals surface area contributed by atoms with E-state index in [0.29, 0.717) is 30.5 Å². The third-order valence-corrected chi connectivity index (χ3v) is 6.72. The highest BCUT2D eigenvalue weighted by Gasteiger charge is 2.54. The molecule has 0 radical (unpaired) electrons. The molecule has 27 heavy (non-hydrogen) atoms. The number of fused-ring (bicyclic) bond motifs is 2. The van der Waals surface area contributed by atoms with Gasteiger partial charge < -0.3 is 14.4 Å². The highest BCUT2D eigenvalue weighted by Crippen LogP contribution is 2.48. The van der Waals surface area contributed by atoms with Crippen molar-refractivity contribution in [3.63, 3.8) is 0 Å². The van der Waals surface area contributed by atoms with E-state index in [4.69, 9.17) is 9.47 Å². The van der Waals surface area contributed by atoms with Gasteiger partial charge in [0, 0.05) is 30.7 Å². The molecule has 5 nitrogen and oxygen atoms in total. The van der Waals surface area contributed by atoms with Crippen molar-refractivity contribution in [2.24, 2.45) is 5.92 Å². The van der Waals surface area contributed by atoms with Gasteiger partial charge >= 0.3 is 0 Å². The van der Waals surface area contributed by atoms with Crippen molar-refractivity contribution in [1.82, 2.24) is 9.80 Å². The normalized spacial score (nSPS) is 31.8. The molecule has 5 rings (SSSR count). The number of nitrogens with zero attached hydrogens (tertiary/aromatic N) is 2. The second-order valence-corrected chi connectivity index (χ2v) is 8.16. The molecule has 1 amide bonds. The number of benzene rings is 1. The van der Waals surface area contributed by atoms with E-state index in [1.165, 1.54) is 18.4 Å². The number of unbranched alkanes of at least 4 members (excludes halogenated alkanes) is 1. The first-order valence-corrected chi connectivity index (χ1v) is 10.5. The van der Waals surface area contributed by atoms with Crippen LogP contribution in [0.5, 0.6) is 5.75 Å². The van der Waals surface area contributed by atoms with Gasteiger partial charge in [-0.2, -0.15) is 0 Å². The molecular weight excluding hydrogens is 340 g/mol. The molecule has 0 spiro atoms. The number of hydrogen-bond donors (Lipinski definition) is 0. The minimum absolute atomic E-state index is 0.159. The lowest BCUT2D eigenvalue weighted by molar-refractivity contribution is -0.140. The monoisotopic (exact) mass is 372 g/mol. The van der Waals surface area contributed by atoms with Gasteiger partial charge in [-0.05, 0) is 44.3 Å². The molecule has 4 fully saturated rings. The van der Waals surface area contributed by atoms with Crippen LogP contribution < -0.4 is 4.74 Å². The maximum absolute atomic E-state index is 13.0. The zero-order valence-corrected chi connectivity index (χ0v) is 16.6. The van der Waals surface area contributed by atoms with Crippen LogP contribution in [0.1, 0.15) is 44.1 Å². The average molecular weight is 373 g/mol. The topological polar surface area (TPSA) is 42.0 Å². The Morgan fingerprint density at radius 1 is 1.19 bits per heavy atom. The van der Waals surface area contributed by atoms with E-state index >= 15 is 0 Å². The minimum atomic E-state index is 0.159. The van der Waals surface area contributed by atoms with Crippen LogP contribution in [0.4, 0.5) is 0 Å². The second-order valence-electron chi connectivity index (χ2n) is 8.16. The fourth-order valence-electron chi connectivity index (χ4n) is 5.44. The third-order valence-electron chi connectivity index (χ3n) is 6.72. The van der Waals surface area contributed by atoms with Crippen molar-refractivity contribution in [3.8, 4) is 5.75 Å². The Bertz CT molecular complexity index is 657. The summed E-state index contributed by atoms with van der Waals surface area (Å²) in [7, 11) is 1.74. The molecule has 0 aromatic heterocycles. The number of methoxy groups -OCH3 is 1. The van der Waals surface area contributed by atoms with Gasteiger partial charge in [-0.25, -0.2) is 0 Å². The Balaban J connectivity index is 1.58. The first-order chi connectivity index (χ1) is 13.2. The van der Waals surface area contributed by atoms with Gasteiger partial charge in [-0.1, -0.05) is 31.5 Å². The quantitative estimate of drug-likeness (QED) is 0.690. The van der Waals surface area contributed by atoms with E-state index in [9.17, 15) is 4.79 Å². The molecule has 4 heterocycles. The van der Waals surface area contributed by atoms with E-state index in [1.54, 1.807) is 7.11 Å². The van der Waals surface area contributed by atoms with E-state index in [-0.39, 0.29) is 12.5 Å². The van der Waals surface area contributed by atoms with E-state index < -0.39 is 0 Å². The van der Waals surface area contributed by atoms with Gasteiger partial charge in [0.1, 0.15) is 12.4 Å². The summed E-state index contributed by atoms with van der Waals surface area (Å²) < 4.78 is 11.3. The first-order valence-electron chi connectivity index (χ1n) is 10.5. The summed E-state index contributed by atoms with van der Waals surface area (Å²) in [5.41, 5.74) is 1.24.